The van der Waals surface area contributed by atoms with Crippen molar-refractivity contribution in [1.29, 1.82) is 0 Å². The van der Waals surface area contributed by atoms with Gasteiger partial charge in [0.2, 0.25) is 0 Å². The van der Waals surface area contributed by atoms with Gasteiger partial charge in [0.05, 0.1) is 11.9 Å². The zero-order chi connectivity index (χ0) is 12.4. The van der Waals surface area contributed by atoms with Crippen LogP contribution >= 0.6 is 12.4 Å². The molecule has 4 nitrogen and oxygen atoms in total. The number of halogens is 1. The molecule has 0 amide bonds. The number of likely N-dealkylation sites (tertiary alicyclic amines) is 1. The van der Waals surface area contributed by atoms with E-state index in [0.29, 0.717) is 6.04 Å². The predicted molar refractivity (Wildman–Crippen MR) is 78.7 cm³/mol. The molecule has 1 aromatic heterocycles. The number of hydrogen-bond donors (Lipinski definition) is 1. The number of hydrogen-bond acceptors (Lipinski definition) is 3. The van der Waals surface area contributed by atoms with E-state index in [1.807, 2.05) is 29.1 Å². The van der Waals surface area contributed by atoms with Gasteiger partial charge in [-0.3, -0.25) is 4.90 Å². The van der Waals surface area contributed by atoms with Gasteiger partial charge in [-0.1, -0.05) is 18.2 Å². The molecule has 5 heteroatoms. The maximum atomic E-state index is 5.91. The lowest BCUT2D eigenvalue weighted by molar-refractivity contribution is 0.327. The molecule has 1 aliphatic rings. The van der Waals surface area contributed by atoms with Crippen LogP contribution in [0, 0.1) is 0 Å². The summed E-state index contributed by atoms with van der Waals surface area (Å²) in [6, 6.07) is 10.5. The molecule has 1 unspecified atom stereocenters. The van der Waals surface area contributed by atoms with Gasteiger partial charge < -0.3 is 5.73 Å². The van der Waals surface area contributed by atoms with Crippen molar-refractivity contribution in [2.45, 2.75) is 19.0 Å². The molecule has 0 saturated carbocycles. The fourth-order valence-corrected chi connectivity index (χ4v) is 2.43. The second-order valence-electron chi connectivity index (χ2n) is 4.91. The zero-order valence-corrected chi connectivity index (χ0v) is 11.6. The molecule has 1 fully saturated rings. The number of para-hydroxylation sites is 1. The summed E-state index contributed by atoms with van der Waals surface area (Å²) in [6.07, 6.45) is 5.14. The van der Waals surface area contributed by atoms with Crippen LogP contribution in [0.2, 0.25) is 0 Å². The highest BCUT2D eigenvalue weighted by Crippen LogP contribution is 2.13. The molecule has 19 heavy (non-hydrogen) atoms. The maximum Gasteiger partial charge on any atom is 0.0645 e. The van der Waals surface area contributed by atoms with Crippen molar-refractivity contribution in [3.05, 3.63) is 48.3 Å². The molecule has 2 aromatic rings. The summed E-state index contributed by atoms with van der Waals surface area (Å²) in [5, 5.41) is 4.41. The van der Waals surface area contributed by atoms with Gasteiger partial charge in [-0.05, 0) is 18.6 Å². The van der Waals surface area contributed by atoms with Gasteiger partial charge >= 0.3 is 0 Å². The first kappa shape index (κ1) is 14.1. The van der Waals surface area contributed by atoms with Crippen molar-refractivity contribution in [3.63, 3.8) is 0 Å². The van der Waals surface area contributed by atoms with Crippen LogP contribution in [0.25, 0.3) is 5.69 Å². The molecule has 1 saturated heterocycles. The lowest BCUT2D eigenvalue weighted by Gasteiger charge is -2.13. The molecule has 0 spiro atoms. The molecule has 2 N–H and O–H groups in total. The smallest absolute Gasteiger partial charge is 0.0645 e. The first-order valence-electron chi connectivity index (χ1n) is 6.38. The quantitative estimate of drug-likeness (QED) is 0.932. The topological polar surface area (TPSA) is 47.1 Å². The van der Waals surface area contributed by atoms with Crippen LogP contribution < -0.4 is 5.73 Å². The zero-order valence-electron chi connectivity index (χ0n) is 10.8. The van der Waals surface area contributed by atoms with Crippen LogP contribution in [0.5, 0.6) is 0 Å². The van der Waals surface area contributed by atoms with Crippen molar-refractivity contribution in [2.24, 2.45) is 5.73 Å². The van der Waals surface area contributed by atoms with Crippen molar-refractivity contribution in [3.8, 4) is 5.69 Å². The van der Waals surface area contributed by atoms with Crippen molar-refractivity contribution >= 4 is 12.4 Å². The molecule has 0 bridgehead atoms. The molecule has 0 aliphatic carbocycles. The van der Waals surface area contributed by atoms with Crippen LogP contribution in [0.1, 0.15) is 12.0 Å². The molecule has 1 aliphatic heterocycles. The third-order valence-electron chi connectivity index (χ3n) is 3.37. The molecule has 102 valence electrons. The predicted octanol–water partition coefficient (Wildman–Crippen LogP) is 1.83. The molecular weight excluding hydrogens is 260 g/mol. The summed E-state index contributed by atoms with van der Waals surface area (Å²) in [6.45, 7) is 3.04. The molecule has 0 radical (unpaired) electrons. The van der Waals surface area contributed by atoms with Crippen LogP contribution in [-0.4, -0.2) is 33.8 Å². The lowest BCUT2D eigenvalue weighted by atomic mass is 10.3. The number of nitrogens with two attached hydrogens (primary N) is 1. The fourth-order valence-electron chi connectivity index (χ4n) is 2.43. The number of aromatic nitrogens is 2. The third kappa shape index (κ3) is 3.35. The van der Waals surface area contributed by atoms with E-state index >= 15 is 0 Å². The Morgan fingerprint density at radius 3 is 2.74 bits per heavy atom. The molecule has 1 aromatic carbocycles. The summed E-state index contributed by atoms with van der Waals surface area (Å²) in [7, 11) is 0. The Hall–Kier alpha value is -1.36. The summed E-state index contributed by atoms with van der Waals surface area (Å²) in [4.78, 5) is 2.39. The Kier molecular flexibility index (Phi) is 4.58. The normalized spacial score (nSPS) is 19.3. The summed E-state index contributed by atoms with van der Waals surface area (Å²) in [5.41, 5.74) is 8.25. The number of nitrogens with zero attached hydrogens (tertiary/aromatic N) is 3. The van der Waals surface area contributed by atoms with E-state index in [0.717, 1.165) is 31.7 Å². The van der Waals surface area contributed by atoms with E-state index in [1.54, 1.807) is 0 Å². The second kappa shape index (κ2) is 6.19. The van der Waals surface area contributed by atoms with Gasteiger partial charge in [0.25, 0.3) is 0 Å². The summed E-state index contributed by atoms with van der Waals surface area (Å²) in [5.74, 6) is 0. The number of benzene rings is 1. The van der Waals surface area contributed by atoms with Crippen molar-refractivity contribution in [2.75, 3.05) is 13.1 Å². The van der Waals surface area contributed by atoms with Crippen LogP contribution in [0.3, 0.4) is 0 Å². The first-order chi connectivity index (χ1) is 8.81. The molecular formula is C14H19ClN4. The highest BCUT2D eigenvalue weighted by Gasteiger charge is 2.19. The minimum absolute atomic E-state index is 0. The van der Waals surface area contributed by atoms with Gasteiger partial charge in [-0.25, -0.2) is 4.68 Å². The van der Waals surface area contributed by atoms with Crippen LogP contribution in [0.4, 0.5) is 0 Å². The largest absolute Gasteiger partial charge is 0.326 e. The van der Waals surface area contributed by atoms with Crippen LogP contribution in [-0.2, 0) is 6.54 Å². The maximum absolute atomic E-state index is 5.91. The first-order valence-corrected chi connectivity index (χ1v) is 6.38. The van der Waals surface area contributed by atoms with E-state index < -0.39 is 0 Å². The third-order valence-corrected chi connectivity index (χ3v) is 3.37. The van der Waals surface area contributed by atoms with Gasteiger partial charge in [-0.15, -0.1) is 12.4 Å². The van der Waals surface area contributed by atoms with Gasteiger partial charge in [0.1, 0.15) is 0 Å². The van der Waals surface area contributed by atoms with Crippen LogP contribution in [0.15, 0.2) is 42.7 Å². The average Bonchev–Trinajstić information content (AvgIpc) is 3.01. The Morgan fingerprint density at radius 2 is 2.05 bits per heavy atom. The SMILES string of the molecule is Cl.NC1CCN(Cc2cnn(-c3ccccc3)c2)C1. The fraction of sp³-hybridized carbons (Fsp3) is 0.357. The van der Waals surface area contributed by atoms with Crippen molar-refractivity contribution in [1.82, 2.24) is 14.7 Å². The average molecular weight is 279 g/mol. The van der Waals surface area contributed by atoms with E-state index in [1.165, 1.54) is 5.56 Å². The van der Waals surface area contributed by atoms with E-state index in [-0.39, 0.29) is 12.4 Å². The molecule has 1 atom stereocenters. The Balaban J connectivity index is 0.00000133. The Bertz CT molecular complexity index is 511. The summed E-state index contributed by atoms with van der Waals surface area (Å²) >= 11 is 0. The molecule has 3 rings (SSSR count). The van der Waals surface area contributed by atoms with Gasteiger partial charge in [-0.2, -0.15) is 5.10 Å². The van der Waals surface area contributed by atoms with Gasteiger partial charge in [0.15, 0.2) is 0 Å². The van der Waals surface area contributed by atoms with Crippen molar-refractivity contribution < 1.29 is 0 Å². The van der Waals surface area contributed by atoms with Gasteiger partial charge in [0, 0.05) is 37.4 Å². The minimum Gasteiger partial charge on any atom is -0.326 e. The highest BCUT2D eigenvalue weighted by molar-refractivity contribution is 5.85. The van der Waals surface area contributed by atoms with E-state index in [4.69, 9.17) is 5.73 Å². The second-order valence-corrected chi connectivity index (χ2v) is 4.91. The highest BCUT2D eigenvalue weighted by atomic mass is 35.5. The monoisotopic (exact) mass is 278 g/mol. The minimum atomic E-state index is 0. The standard InChI is InChI=1S/C14H18N4.ClH/c15-13-6-7-17(11-13)9-12-8-16-18(10-12)14-4-2-1-3-5-14;/h1-5,8,10,13H,6-7,9,11,15H2;1H. The number of rotatable bonds is 3. The van der Waals surface area contributed by atoms with E-state index in [9.17, 15) is 0 Å². The lowest BCUT2D eigenvalue weighted by Crippen LogP contribution is -2.26. The Labute approximate surface area is 119 Å². The summed E-state index contributed by atoms with van der Waals surface area (Å²) < 4.78 is 1.92. The van der Waals surface area contributed by atoms with E-state index in [2.05, 4.69) is 28.3 Å². The Morgan fingerprint density at radius 1 is 1.26 bits per heavy atom. The molecule has 2 heterocycles.